The van der Waals surface area contributed by atoms with E-state index in [9.17, 15) is 5.11 Å². The van der Waals surface area contributed by atoms with E-state index in [0.717, 1.165) is 33.5 Å². The number of halogens is 1. The SMILES string of the molecule is CCCc1cc(CO)cc(-n2cc(I)cn2)n1. The van der Waals surface area contributed by atoms with Crippen LogP contribution in [0.4, 0.5) is 0 Å². The van der Waals surface area contributed by atoms with E-state index in [-0.39, 0.29) is 6.61 Å². The Morgan fingerprint density at radius 1 is 1.41 bits per heavy atom. The Bertz CT molecular complexity index is 510. The summed E-state index contributed by atoms with van der Waals surface area (Å²) in [7, 11) is 0. The Morgan fingerprint density at radius 3 is 2.82 bits per heavy atom. The maximum absolute atomic E-state index is 9.25. The maximum atomic E-state index is 9.25. The van der Waals surface area contributed by atoms with Gasteiger partial charge in [0.1, 0.15) is 0 Å². The van der Waals surface area contributed by atoms with Crippen molar-refractivity contribution in [2.24, 2.45) is 0 Å². The molecule has 0 radical (unpaired) electrons. The largest absolute Gasteiger partial charge is 0.392 e. The van der Waals surface area contributed by atoms with E-state index >= 15 is 0 Å². The van der Waals surface area contributed by atoms with Crippen LogP contribution in [0.3, 0.4) is 0 Å². The molecule has 0 saturated heterocycles. The number of pyridine rings is 1. The van der Waals surface area contributed by atoms with Crippen LogP contribution in [-0.2, 0) is 13.0 Å². The molecule has 0 unspecified atom stereocenters. The molecule has 2 aromatic rings. The molecule has 90 valence electrons. The first-order valence-corrected chi connectivity index (χ1v) is 6.62. The van der Waals surface area contributed by atoms with Crippen LogP contribution in [0.15, 0.2) is 24.5 Å². The lowest BCUT2D eigenvalue weighted by molar-refractivity contribution is 0.281. The van der Waals surface area contributed by atoms with E-state index < -0.39 is 0 Å². The average molecular weight is 343 g/mol. The second kappa shape index (κ2) is 5.59. The number of aliphatic hydroxyl groups excluding tert-OH is 1. The minimum Gasteiger partial charge on any atom is -0.392 e. The highest BCUT2D eigenvalue weighted by Crippen LogP contribution is 2.13. The van der Waals surface area contributed by atoms with E-state index in [0.29, 0.717) is 0 Å². The van der Waals surface area contributed by atoms with Gasteiger partial charge in [-0.15, -0.1) is 0 Å². The van der Waals surface area contributed by atoms with Gasteiger partial charge in [-0.3, -0.25) is 0 Å². The molecule has 0 spiro atoms. The molecule has 1 N–H and O–H groups in total. The van der Waals surface area contributed by atoms with Gasteiger partial charge in [0.25, 0.3) is 0 Å². The highest BCUT2D eigenvalue weighted by atomic mass is 127. The molecular formula is C12H14IN3O. The Morgan fingerprint density at radius 2 is 2.24 bits per heavy atom. The van der Waals surface area contributed by atoms with Gasteiger partial charge in [-0.05, 0) is 46.7 Å². The van der Waals surface area contributed by atoms with Gasteiger partial charge in [0.15, 0.2) is 5.82 Å². The van der Waals surface area contributed by atoms with Crippen molar-refractivity contribution in [3.63, 3.8) is 0 Å². The third-order valence-corrected chi connectivity index (χ3v) is 2.96. The predicted octanol–water partition coefficient (Wildman–Crippen LogP) is 2.32. The van der Waals surface area contributed by atoms with Crippen molar-refractivity contribution in [1.82, 2.24) is 14.8 Å². The highest BCUT2D eigenvalue weighted by Gasteiger charge is 2.05. The van der Waals surface area contributed by atoms with Gasteiger partial charge in [-0.2, -0.15) is 5.10 Å². The zero-order valence-electron chi connectivity index (χ0n) is 9.60. The summed E-state index contributed by atoms with van der Waals surface area (Å²) in [5.74, 6) is 0.767. The number of aromatic nitrogens is 3. The van der Waals surface area contributed by atoms with E-state index in [4.69, 9.17) is 0 Å². The van der Waals surface area contributed by atoms with Gasteiger partial charge in [0, 0.05) is 11.9 Å². The molecule has 0 fully saturated rings. The van der Waals surface area contributed by atoms with Gasteiger partial charge in [-0.25, -0.2) is 9.67 Å². The molecular weight excluding hydrogens is 329 g/mol. The molecule has 0 amide bonds. The summed E-state index contributed by atoms with van der Waals surface area (Å²) in [5, 5.41) is 13.5. The number of hydrogen-bond acceptors (Lipinski definition) is 3. The topological polar surface area (TPSA) is 50.9 Å². The van der Waals surface area contributed by atoms with Crippen molar-refractivity contribution in [1.29, 1.82) is 0 Å². The fourth-order valence-electron chi connectivity index (χ4n) is 1.65. The molecule has 0 bridgehead atoms. The number of rotatable bonds is 4. The van der Waals surface area contributed by atoms with Crippen LogP contribution >= 0.6 is 22.6 Å². The first-order chi connectivity index (χ1) is 8.22. The van der Waals surface area contributed by atoms with Gasteiger partial charge >= 0.3 is 0 Å². The third kappa shape index (κ3) is 3.04. The van der Waals surface area contributed by atoms with E-state index in [1.54, 1.807) is 10.9 Å². The molecule has 2 aromatic heterocycles. The summed E-state index contributed by atoms with van der Waals surface area (Å²) in [4.78, 5) is 4.54. The van der Waals surface area contributed by atoms with Crippen molar-refractivity contribution in [3.05, 3.63) is 39.4 Å². The maximum Gasteiger partial charge on any atom is 0.153 e. The Labute approximate surface area is 114 Å². The first kappa shape index (κ1) is 12.5. The van der Waals surface area contributed by atoms with Gasteiger partial charge < -0.3 is 5.11 Å². The van der Waals surface area contributed by atoms with Gasteiger partial charge in [0.05, 0.1) is 16.4 Å². The minimum absolute atomic E-state index is 0.0323. The quantitative estimate of drug-likeness (QED) is 0.867. The van der Waals surface area contributed by atoms with E-state index in [2.05, 4.69) is 39.6 Å². The smallest absolute Gasteiger partial charge is 0.153 e. The van der Waals surface area contributed by atoms with Crippen LogP contribution in [0.5, 0.6) is 0 Å². The molecule has 0 aliphatic heterocycles. The summed E-state index contributed by atoms with van der Waals surface area (Å²) in [6.07, 6.45) is 5.66. The number of aliphatic hydroxyl groups is 1. The van der Waals surface area contributed by atoms with Crippen molar-refractivity contribution in [2.45, 2.75) is 26.4 Å². The zero-order valence-corrected chi connectivity index (χ0v) is 11.8. The molecule has 0 aliphatic rings. The lowest BCUT2D eigenvalue weighted by atomic mass is 10.1. The lowest BCUT2D eigenvalue weighted by Crippen LogP contribution is -2.03. The molecule has 5 heteroatoms. The molecule has 17 heavy (non-hydrogen) atoms. The predicted molar refractivity (Wildman–Crippen MR) is 74.0 cm³/mol. The summed E-state index contributed by atoms with van der Waals surface area (Å²) in [6, 6.07) is 3.81. The van der Waals surface area contributed by atoms with Gasteiger partial charge in [-0.1, -0.05) is 13.3 Å². The standard InChI is InChI=1S/C12H14IN3O/c1-2-3-11-4-9(8-17)5-12(15-11)16-7-10(13)6-14-16/h4-7,17H,2-3,8H2,1H3. The van der Waals surface area contributed by atoms with Crippen LogP contribution in [0.25, 0.3) is 5.82 Å². The number of aryl methyl sites for hydroxylation is 1. The van der Waals surface area contributed by atoms with Crippen LogP contribution in [-0.4, -0.2) is 19.9 Å². The molecule has 0 atom stereocenters. The first-order valence-electron chi connectivity index (χ1n) is 5.54. The van der Waals surface area contributed by atoms with Crippen LogP contribution in [0.1, 0.15) is 24.6 Å². The van der Waals surface area contributed by atoms with Gasteiger partial charge in [0.2, 0.25) is 0 Å². The number of hydrogen-bond donors (Lipinski definition) is 1. The molecule has 0 saturated carbocycles. The summed E-state index contributed by atoms with van der Waals surface area (Å²) >= 11 is 2.21. The second-order valence-corrected chi connectivity index (χ2v) is 5.08. The molecule has 0 aromatic carbocycles. The summed E-state index contributed by atoms with van der Waals surface area (Å²) < 4.78 is 2.80. The van der Waals surface area contributed by atoms with Crippen LogP contribution in [0, 0.1) is 3.57 Å². The Balaban J connectivity index is 2.42. The van der Waals surface area contributed by atoms with Crippen molar-refractivity contribution >= 4 is 22.6 Å². The van der Waals surface area contributed by atoms with Crippen molar-refractivity contribution in [2.75, 3.05) is 0 Å². The zero-order chi connectivity index (χ0) is 12.3. The third-order valence-electron chi connectivity index (χ3n) is 2.40. The number of nitrogens with zero attached hydrogens (tertiary/aromatic N) is 3. The molecule has 2 rings (SSSR count). The summed E-state index contributed by atoms with van der Waals surface area (Å²) in [5.41, 5.74) is 1.88. The van der Waals surface area contributed by atoms with Crippen molar-refractivity contribution < 1.29 is 5.11 Å². The molecule has 0 aliphatic carbocycles. The van der Waals surface area contributed by atoms with E-state index in [1.165, 1.54) is 0 Å². The summed E-state index contributed by atoms with van der Waals surface area (Å²) in [6.45, 7) is 2.15. The Kier molecular flexibility index (Phi) is 4.11. The average Bonchev–Trinajstić information content (AvgIpc) is 2.76. The van der Waals surface area contributed by atoms with Crippen molar-refractivity contribution in [3.8, 4) is 5.82 Å². The monoisotopic (exact) mass is 343 g/mol. The second-order valence-electron chi connectivity index (χ2n) is 3.84. The minimum atomic E-state index is 0.0323. The Hall–Kier alpha value is -0.950. The lowest BCUT2D eigenvalue weighted by Gasteiger charge is -2.06. The molecule has 2 heterocycles. The normalized spacial score (nSPS) is 10.8. The van der Waals surface area contributed by atoms with Crippen LogP contribution in [0.2, 0.25) is 0 Å². The molecule has 4 nitrogen and oxygen atoms in total. The van der Waals surface area contributed by atoms with E-state index in [1.807, 2.05) is 18.3 Å². The fraction of sp³-hybridized carbons (Fsp3) is 0.333. The highest BCUT2D eigenvalue weighted by molar-refractivity contribution is 14.1. The fourth-order valence-corrected chi connectivity index (χ4v) is 2.04. The van der Waals surface area contributed by atoms with Crippen LogP contribution < -0.4 is 0 Å².